The normalized spacial score (nSPS) is 11.0. The van der Waals surface area contributed by atoms with Gasteiger partial charge in [-0.2, -0.15) is 4.98 Å². The second kappa shape index (κ2) is 5.37. The summed E-state index contributed by atoms with van der Waals surface area (Å²) < 4.78 is 5.65. The number of benzene rings is 2. The zero-order valence-corrected chi connectivity index (χ0v) is 12.5. The van der Waals surface area contributed by atoms with E-state index in [4.69, 9.17) is 16.0 Å². The minimum Gasteiger partial charge on any atom is -0.417 e. The van der Waals surface area contributed by atoms with Crippen molar-refractivity contribution < 1.29 is 4.42 Å². The molecule has 6 heteroatoms. The predicted molar refractivity (Wildman–Crippen MR) is 88.3 cm³/mol. The molecule has 0 unspecified atom stereocenters. The number of oxazole rings is 1. The molecule has 0 spiro atoms. The molecule has 5 nitrogen and oxygen atoms in total. The summed E-state index contributed by atoms with van der Waals surface area (Å²) in [6.45, 7) is 0. The van der Waals surface area contributed by atoms with Gasteiger partial charge in [-0.25, -0.2) is 4.98 Å². The topological polar surface area (TPSA) is 71.8 Å². The van der Waals surface area contributed by atoms with Crippen LogP contribution in [0.25, 0.3) is 34.1 Å². The maximum atomic E-state index is 12.2. The molecule has 0 atom stereocenters. The van der Waals surface area contributed by atoms with Crippen molar-refractivity contribution in [3.63, 3.8) is 0 Å². The Kier molecular flexibility index (Phi) is 3.20. The van der Waals surface area contributed by atoms with Crippen molar-refractivity contribution in [1.29, 1.82) is 0 Å². The highest BCUT2D eigenvalue weighted by Crippen LogP contribution is 2.23. The van der Waals surface area contributed by atoms with Crippen LogP contribution in [0.2, 0.25) is 5.02 Å². The lowest BCUT2D eigenvalue weighted by Gasteiger charge is -1.99. The molecule has 0 saturated heterocycles. The third kappa shape index (κ3) is 2.51. The lowest BCUT2D eigenvalue weighted by molar-refractivity contribution is 0.607. The summed E-state index contributed by atoms with van der Waals surface area (Å²) in [4.78, 5) is 23.6. The van der Waals surface area contributed by atoms with Gasteiger partial charge in [-0.3, -0.25) is 4.79 Å². The first-order chi connectivity index (χ1) is 11.2. The summed E-state index contributed by atoms with van der Waals surface area (Å²) in [6.07, 6.45) is 0. The van der Waals surface area contributed by atoms with E-state index < -0.39 is 0 Å². The van der Waals surface area contributed by atoms with Gasteiger partial charge < -0.3 is 9.40 Å². The molecule has 0 aliphatic carbocycles. The first-order valence-corrected chi connectivity index (χ1v) is 7.31. The lowest BCUT2D eigenvalue weighted by Crippen LogP contribution is -2.09. The molecule has 2 heterocycles. The second-order valence-corrected chi connectivity index (χ2v) is 5.40. The summed E-state index contributed by atoms with van der Waals surface area (Å²) in [6, 6.07) is 16.4. The highest BCUT2D eigenvalue weighted by atomic mass is 35.5. The van der Waals surface area contributed by atoms with Crippen LogP contribution >= 0.6 is 11.6 Å². The molecule has 2 aromatic carbocycles. The molecule has 4 aromatic rings. The van der Waals surface area contributed by atoms with Gasteiger partial charge in [-0.15, -0.1) is 0 Å². The second-order valence-electron chi connectivity index (χ2n) is 4.96. The molecule has 4 rings (SSSR count). The van der Waals surface area contributed by atoms with Crippen molar-refractivity contribution in [2.45, 2.75) is 0 Å². The molecular formula is C17H10ClN3O2. The van der Waals surface area contributed by atoms with Crippen molar-refractivity contribution in [2.24, 2.45) is 0 Å². The Morgan fingerprint density at radius 2 is 1.65 bits per heavy atom. The highest BCUT2D eigenvalue weighted by Gasteiger charge is 2.14. The fourth-order valence-electron chi connectivity index (χ4n) is 2.28. The fourth-order valence-corrected chi connectivity index (χ4v) is 2.41. The molecule has 0 amide bonds. The first-order valence-electron chi connectivity index (χ1n) is 6.93. The van der Waals surface area contributed by atoms with Crippen LogP contribution in [0.3, 0.4) is 0 Å². The SMILES string of the molecule is O=c1[nH]c(-c2ccc(Cl)cc2)nc2oc(-c3ccccc3)nc12. The summed E-state index contributed by atoms with van der Waals surface area (Å²) in [5.74, 6) is 0.779. The summed E-state index contributed by atoms with van der Waals surface area (Å²) >= 11 is 5.88. The van der Waals surface area contributed by atoms with Gasteiger partial charge in [0.2, 0.25) is 5.89 Å². The predicted octanol–water partition coefficient (Wildman–Crippen LogP) is 3.90. The van der Waals surface area contributed by atoms with Gasteiger partial charge in [-0.1, -0.05) is 29.8 Å². The van der Waals surface area contributed by atoms with E-state index in [1.54, 1.807) is 24.3 Å². The number of aromatic amines is 1. The molecule has 0 radical (unpaired) electrons. The monoisotopic (exact) mass is 323 g/mol. The number of hydrogen-bond acceptors (Lipinski definition) is 4. The Morgan fingerprint density at radius 1 is 0.913 bits per heavy atom. The third-order valence-corrected chi connectivity index (χ3v) is 3.66. The smallest absolute Gasteiger partial charge is 0.281 e. The van der Waals surface area contributed by atoms with E-state index in [1.165, 1.54) is 0 Å². The number of fused-ring (bicyclic) bond motifs is 1. The molecule has 0 aliphatic rings. The van der Waals surface area contributed by atoms with E-state index in [0.717, 1.165) is 11.1 Å². The van der Waals surface area contributed by atoms with Gasteiger partial charge in [0, 0.05) is 16.1 Å². The number of rotatable bonds is 2. The van der Waals surface area contributed by atoms with E-state index in [9.17, 15) is 4.79 Å². The van der Waals surface area contributed by atoms with E-state index >= 15 is 0 Å². The van der Waals surface area contributed by atoms with Gasteiger partial charge in [0.1, 0.15) is 5.82 Å². The maximum absolute atomic E-state index is 12.2. The van der Waals surface area contributed by atoms with Crippen LogP contribution in [0.5, 0.6) is 0 Å². The number of halogens is 1. The van der Waals surface area contributed by atoms with Crippen molar-refractivity contribution in [1.82, 2.24) is 15.0 Å². The Labute approximate surface area is 135 Å². The Balaban J connectivity index is 1.87. The van der Waals surface area contributed by atoms with Crippen LogP contribution in [0, 0.1) is 0 Å². The van der Waals surface area contributed by atoms with Crippen LogP contribution in [-0.4, -0.2) is 15.0 Å². The van der Waals surface area contributed by atoms with Crippen molar-refractivity contribution >= 4 is 22.8 Å². The van der Waals surface area contributed by atoms with Crippen molar-refractivity contribution in [2.75, 3.05) is 0 Å². The number of aromatic nitrogens is 3. The highest BCUT2D eigenvalue weighted by molar-refractivity contribution is 6.30. The molecular weight excluding hydrogens is 314 g/mol. The average molecular weight is 324 g/mol. The van der Waals surface area contributed by atoms with Crippen molar-refractivity contribution in [3.8, 4) is 22.8 Å². The molecule has 0 saturated carbocycles. The Bertz CT molecular complexity index is 1040. The zero-order chi connectivity index (χ0) is 15.8. The average Bonchev–Trinajstić information content (AvgIpc) is 3.01. The van der Waals surface area contributed by atoms with Gasteiger partial charge in [-0.05, 0) is 36.4 Å². The van der Waals surface area contributed by atoms with Crippen LogP contribution in [0.15, 0.2) is 63.8 Å². The quantitative estimate of drug-likeness (QED) is 0.607. The third-order valence-electron chi connectivity index (χ3n) is 3.41. The Hall–Kier alpha value is -2.92. The number of hydrogen-bond donors (Lipinski definition) is 1. The summed E-state index contributed by atoms with van der Waals surface area (Å²) in [5.41, 5.74) is 1.58. The van der Waals surface area contributed by atoms with Crippen molar-refractivity contribution in [3.05, 3.63) is 70.0 Å². The largest absolute Gasteiger partial charge is 0.417 e. The Morgan fingerprint density at radius 3 is 2.39 bits per heavy atom. The van der Waals surface area contributed by atoms with E-state index in [2.05, 4.69) is 15.0 Å². The minimum atomic E-state index is -0.342. The van der Waals surface area contributed by atoms with E-state index in [1.807, 2.05) is 30.3 Å². The standard InChI is InChI=1S/C17H10ClN3O2/c18-12-8-6-10(7-9-12)14-20-15(22)13-17(21-14)23-16(19-13)11-4-2-1-3-5-11/h1-9H,(H,20,21,22). The van der Waals surface area contributed by atoms with Crippen LogP contribution in [0.1, 0.15) is 0 Å². The molecule has 1 N–H and O–H groups in total. The number of nitrogens with zero attached hydrogens (tertiary/aromatic N) is 2. The summed E-state index contributed by atoms with van der Waals surface area (Å²) in [5, 5.41) is 0.614. The van der Waals surface area contributed by atoms with E-state index in [-0.39, 0.29) is 16.8 Å². The molecule has 0 fully saturated rings. The molecule has 2 aromatic heterocycles. The van der Waals surface area contributed by atoms with Crippen LogP contribution in [0.4, 0.5) is 0 Å². The van der Waals surface area contributed by atoms with Gasteiger partial charge in [0.15, 0.2) is 5.52 Å². The van der Waals surface area contributed by atoms with Gasteiger partial charge in [0.05, 0.1) is 0 Å². The fraction of sp³-hybridized carbons (Fsp3) is 0. The van der Waals surface area contributed by atoms with E-state index in [0.29, 0.717) is 16.7 Å². The van der Waals surface area contributed by atoms with Gasteiger partial charge >= 0.3 is 0 Å². The summed E-state index contributed by atoms with van der Waals surface area (Å²) in [7, 11) is 0. The zero-order valence-electron chi connectivity index (χ0n) is 11.8. The van der Waals surface area contributed by atoms with Crippen LogP contribution < -0.4 is 5.56 Å². The molecule has 0 bridgehead atoms. The van der Waals surface area contributed by atoms with Crippen LogP contribution in [-0.2, 0) is 0 Å². The maximum Gasteiger partial charge on any atom is 0.281 e. The molecule has 23 heavy (non-hydrogen) atoms. The molecule has 0 aliphatic heterocycles. The lowest BCUT2D eigenvalue weighted by atomic mass is 10.2. The number of nitrogens with one attached hydrogen (secondary N) is 1. The number of H-pyrrole nitrogens is 1. The minimum absolute atomic E-state index is 0.182. The first kappa shape index (κ1) is 13.7. The molecule has 112 valence electrons. The van der Waals surface area contributed by atoms with Gasteiger partial charge in [0.25, 0.3) is 11.3 Å².